The van der Waals surface area contributed by atoms with Crippen LogP contribution in [0.3, 0.4) is 0 Å². The van der Waals surface area contributed by atoms with E-state index in [-0.39, 0.29) is 12.4 Å². The van der Waals surface area contributed by atoms with E-state index in [1.165, 1.54) is 17.7 Å². The van der Waals surface area contributed by atoms with Crippen LogP contribution >= 0.6 is 0 Å². The molecule has 0 aliphatic heterocycles. The molecule has 3 heteroatoms. The Labute approximate surface area is 129 Å². The van der Waals surface area contributed by atoms with Gasteiger partial charge in [0.1, 0.15) is 5.82 Å². The van der Waals surface area contributed by atoms with E-state index in [0.29, 0.717) is 6.54 Å². The van der Waals surface area contributed by atoms with Crippen LogP contribution in [-0.2, 0) is 19.6 Å². The summed E-state index contributed by atoms with van der Waals surface area (Å²) in [6, 6.07) is 20.7. The molecule has 0 radical (unpaired) electrons. The first-order valence-electron chi connectivity index (χ1n) is 7.33. The average molecular weight is 295 g/mol. The van der Waals surface area contributed by atoms with E-state index in [0.717, 1.165) is 23.4 Å². The molecule has 0 aliphatic carbocycles. The Morgan fingerprint density at radius 2 is 1.45 bits per heavy atom. The SMILES string of the molecule is OCc1ccc(Cc2ccccc2)n1Cc1ccc(F)cc1. The van der Waals surface area contributed by atoms with E-state index >= 15 is 0 Å². The molecule has 0 atom stereocenters. The van der Waals surface area contributed by atoms with Crippen molar-refractivity contribution < 1.29 is 9.50 Å². The number of aromatic nitrogens is 1. The third-order valence-electron chi connectivity index (χ3n) is 3.81. The number of halogens is 1. The summed E-state index contributed by atoms with van der Waals surface area (Å²) < 4.78 is 15.1. The van der Waals surface area contributed by atoms with Gasteiger partial charge in [-0.3, -0.25) is 0 Å². The van der Waals surface area contributed by atoms with Crippen molar-refractivity contribution in [2.24, 2.45) is 0 Å². The third-order valence-corrected chi connectivity index (χ3v) is 3.81. The minimum Gasteiger partial charge on any atom is -0.390 e. The van der Waals surface area contributed by atoms with Crippen molar-refractivity contribution in [3.63, 3.8) is 0 Å². The number of aliphatic hydroxyl groups excluding tert-OH is 1. The third kappa shape index (κ3) is 3.26. The maximum absolute atomic E-state index is 13.0. The van der Waals surface area contributed by atoms with E-state index in [9.17, 15) is 9.50 Å². The number of nitrogens with zero attached hydrogens (tertiary/aromatic N) is 1. The van der Waals surface area contributed by atoms with E-state index in [1.807, 2.05) is 30.3 Å². The van der Waals surface area contributed by atoms with Crippen LogP contribution < -0.4 is 0 Å². The first-order chi connectivity index (χ1) is 10.8. The molecule has 2 nitrogen and oxygen atoms in total. The van der Waals surface area contributed by atoms with Gasteiger partial charge in [0.15, 0.2) is 0 Å². The van der Waals surface area contributed by atoms with Crippen LogP contribution in [0.2, 0.25) is 0 Å². The van der Waals surface area contributed by atoms with Gasteiger partial charge in [0.05, 0.1) is 6.61 Å². The van der Waals surface area contributed by atoms with Crippen LogP contribution in [-0.4, -0.2) is 9.67 Å². The summed E-state index contributed by atoms with van der Waals surface area (Å²) in [5.74, 6) is -0.233. The molecular formula is C19H18FNO. The largest absolute Gasteiger partial charge is 0.390 e. The molecular weight excluding hydrogens is 277 g/mol. The second kappa shape index (κ2) is 6.58. The Kier molecular flexibility index (Phi) is 4.35. The number of benzene rings is 2. The fourth-order valence-corrected chi connectivity index (χ4v) is 2.63. The lowest BCUT2D eigenvalue weighted by Crippen LogP contribution is -2.09. The molecule has 0 spiro atoms. The van der Waals surface area contributed by atoms with Crippen molar-refractivity contribution in [3.8, 4) is 0 Å². The lowest BCUT2D eigenvalue weighted by molar-refractivity contribution is 0.271. The fraction of sp³-hybridized carbons (Fsp3) is 0.158. The van der Waals surface area contributed by atoms with Gasteiger partial charge in [-0.2, -0.15) is 0 Å². The second-order valence-corrected chi connectivity index (χ2v) is 5.35. The number of rotatable bonds is 5. The number of hydrogen-bond donors (Lipinski definition) is 1. The van der Waals surface area contributed by atoms with Crippen molar-refractivity contribution in [1.82, 2.24) is 4.57 Å². The van der Waals surface area contributed by atoms with Gasteiger partial charge in [-0.15, -0.1) is 0 Å². The summed E-state index contributed by atoms with van der Waals surface area (Å²) in [5, 5.41) is 9.54. The fourth-order valence-electron chi connectivity index (χ4n) is 2.63. The zero-order valence-corrected chi connectivity index (χ0v) is 12.2. The zero-order chi connectivity index (χ0) is 15.4. The molecule has 0 saturated carbocycles. The lowest BCUT2D eigenvalue weighted by Gasteiger charge is -2.13. The van der Waals surface area contributed by atoms with Crippen molar-refractivity contribution in [1.29, 1.82) is 0 Å². The van der Waals surface area contributed by atoms with Gasteiger partial charge in [0.2, 0.25) is 0 Å². The zero-order valence-electron chi connectivity index (χ0n) is 12.2. The second-order valence-electron chi connectivity index (χ2n) is 5.35. The minimum absolute atomic E-state index is 0.00398. The molecule has 2 aromatic carbocycles. The summed E-state index contributed by atoms with van der Waals surface area (Å²) in [5.41, 5.74) is 4.25. The van der Waals surface area contributed by atoms with Crippen LogP contribution in [0.1, 0.15) is 22.5 Å². The number of hydrogen-bond acceptors (Lipinski definition) is 1. The molecule has 1 heterocycles. The Hall–Kier alpha value is -2.39. The van der Waals surface area contributed by atoms with Gasteiger partial charge in [-0.1, -0.05) is 42.5 Å². The highest BCUT2D eigenvalue weighted by Crippen LogP contribution is 2.17. The Morgan fingerprint density at radius 3 is 2.14 bits per heavy atom. The first kappa shape index (κ1) is 14.5. The van der Waals surface area contributed by atoms with E-state index in [1.54, 1.807) is 12.1 Å². The molecule has 0 saturated heterocycles. The molecule has 3 aromatic rings. The molecule has 1 N–H and O–H groups in total. The van der Waals surface area contributed by atoms with Crippen molar-refractivity contribution in [2.45, 2.75) is 19.6 Å². The van der Waals surface area contributed by atoms with Gasteiger partial charge in [-0.05, 0) is 35.4 Å². The summed E-state index contributed by atoms with van der Waals surface area (Å²) in [6.07, 6.45) is 0.808. The molecule has 1 aromatic heterocycles. The summed E-state index contributed by atoms with van der Waals surface area (Å²) in [7, 11) is 0. The highest BCUT2D eigenvalue weighted by atomic mass is 19.1. The smallest absolute Gasteiger partial charge is 0.123 e. The van der Waals surface area contributed by atoms with Crippen LogP contribution in [0.4, 0.5) is 4.39 Å². The summed E-state index contributed by atoms with van der Waals surface area (Å²) in [4.78, 5) is 0. The van der Waals surface area contributed by atoms with Crippen LogP contribution in [0.25, 0.3) is 0 Å². The van der Waals surface area contributed by atoms with Gasteiger partial charge in [0, 0.05) is 24.4 Å². The van der Waals surface area contributed by atoms with Gasteiger partial charge in [-0.25, -0.2) is 4.39 Å². The van der Waals surface area contributed by atoms with Crippen LogP contribution in [0, 0.1) is 5.82 Å². The quantitative estimate of drug-likeness (QED) is 0.762. The van der Waals surface area contributed by atoms with Crippen LogP contribution in [0.15, 0.2) is 66.7 Å². The monoisotopic (exact) mass is 295 g/mol. The van der Waals surface area contributed by atoms with Crippen molar-refractivity contribution in [2.75, 3.05) is 0 Å². The lowest BCUT2D eigenvalue weighted by atomic mass is 10.1. The highest BCUT2D eigenvalue weighted by molar-refractivity contribution is 5.27. The molecule has 0 bridgehead atoms. The van der Waals surface area contributed by atoms with Crippen LogP contribution in [0.5, 0.6) is 0 Å². The van der Waals surface area contributed by atoms with Gasteiger partial charge < -0.3 is 9.67 Å². The molecule has 0 amide bonds. The molecule has 0 aliphatic rings. The standard InChI is InChI=1S/C19H18FNO/c20-17-8-6-16(7-9-17)13-21-18(10-11-19(21)14-22)12-15-4-2-1-3-5-15/h1-11,22H,12-14H2. The predicted octanol–water partition coefficient (Wildman–Crippen LogP) is 3.76. The Morgan fingerprint density at radius 1 is 0.773 bits per heavy atom. The maximum Gasteiger partial charge on any atom is 0.123 e. The minimum atomic E-state index is -0.233. The topological polar surface area (TPSA) is 25.2 Å². The van der Waals surface area contributed by atoms with E-state index < -0.39 is 0 Å². The van der Waals surface area contributed by atoms with E-state index in [2.05, 4.69) is 16.7 Å². The molecule has 112 valence electrons. The van der Waals surface area contributed by atoms with E-state index in [4.69, 9.17) is 0 Å². The molecule has 0 fully saturated rings. The van der Waals surface area contributed by atoms with Gasteiger partial charge in [0.25, 0.3) is 0 Å². The van der Waals surface area contributed by atoms with Gasteiger partial charge >= 0.3 is 0 Å². The maximum atomic E-state index is 13.0. The average Bonchev–Trinajstić information content (AvgIpc) is 2.92. The Bertz CT molecular complexity index is 732. The summed E-state index contributed by atoms with van der Waals surface area (Å²) >= 11 is 0. The molecule has 0 unspecified atom stereocenters. The highest BCUT2D eigenvalue weighted by Gasteiger charge is 2.09. The molecule has 3 rings (SSSR count). The predicted molar refractivity (Wildman–Crippen MR) is 85.1 cm³/mol. The Balaban J connectivity index is 1.88. The first-order valence-corrected chi connectivity index (χ1v) is 7.33. The van der Waals surface area contributed by atoms with Crippen molar-refractivity contribution in [3.05, 3.63) is 95.1 Å². The van der Waals surface area contributed by atoms with Crippen molar-refractivity contribution >= 4 is 0 Å². The molecule has 22 heavy (non-hydrogen) atoms. The normalized spacial score (nSPS) is 10.8. The summed E-state index contributed by atoms with van der Waals surface area (Å²) in [6.45, 7) is 0.626. The number of aliphatic hydroxyl groups is 1.